The highest BCUT2D eigenvalue weighted by Crippen LogP contribution is 2.54. The van der Waals surface area contributed by atoms with Gasteiger partial charge in [0.2, 0.25) is 0 Å². The van der Waals surface area contributed by atoms with E-state index in [4.69, 9.17) is 9.47 Å². The molecule has 118 valence electrons. The van der Waals surface area contributed by atoms with Crippen LogP contribution in [0.15, 0.2) is 0 Å². The third kappa shape index (κ3) is 2.82. The molecule has 0 spiro atoms. The minimum absolute atomic E-state index is 0.0498. The van der Waals surface area contributed by atoms with Crippen molar-refractivity contribution in [2.45, 2.75) is 58.5 Å². The van der Waals surface area contributed by atoms with Crippen molar-refractivity contribution in [1.82, 2.24) is 0 Å². The lowest BCUT2D eigenvalue weighted by Crippen LogP contribution is -2.50. The molecule has 4 aliphatic rings. The highest BCUT2D eigenvalue weighted by atomic mass is 16.6. The van der Waals surface area contributed by atoms with Crippen molar-refractivity contribution in [3.63, 3.8) is 0 Å². The SMILES string of the molecule is CCOC(=O)C(CC)C(=O)OC1C2CC3CC(C2)CC1C3. The molecule has 0 N–H and O–H groups in total. The van der Waals surface area contributed by atoms with Crippen LogP contribution in [0.2, 0.25) is 0 Å². The van der Waals surface area contributed by atoms with Crippen LogP contribution in [0.25, 0.3) is 0 Å². The molecule has 0 aromatic rings. The van der Waals surface area contributed by atoms with Gasteiger partial charge in [-0.25, -0.2) is 0 Å². The van der Waals surface area contributed by atoms with Crippen LogP contribution in [-0.4, -0.2) is 24.6 Å². The summed E-state index contributed by atoms with van der Waals surface area (Å²) in [5.74, 6) is 1.23. The number of ether oxygens (including phenoxy) is 2. The first-order chi connectivity index (χ1) is 10.1. The summed E-state index contributed by atoms with van der Waals surface area (Å²) in [4.78, 5) is 24.2. The molecule has 0 radical (unpaired) electrons. The van der Waals surface area contributed by atoms with Crippen molar-refractivity contribution in [3.8, 4) is 0 Å². The Bertz CT molecular complexity index is 389. The molecule has 4 aliphatic carbocycles. The van der Waals surface area contributed by atoms with Gasteiger partial charge in [-0.3, -0.25) is 9.59 Å². The van der Waals surface area contributed by atoms with E-state index in [-0.39, 0.29) is 12.1 Å². The second-order valence-corrected chi connectivity index (χ2v) is 7.05. The molecule has 0 aromatic heterocycles. The molecule has 0 aromatic carbocycles. The van der Waals surface area contributed by atoms with Crippen molar-refractivity contribution < 1.29 is 19.1 Å². The second kappa shape index (κ2) is 5.98. The van der Waals surface area contributed by atoms with Gasteiger partial charge in [0, 0.05) is 0 Å². The topological polar surface area (TPSA) is 52.6 Å². The lowest BCUT2D eigenvalue weighted by atomic mass is 9.55. The van der Waals surface area contributed by atoms with Crippen molar-refractivity contribution in [1.29, 1.82) is 0 Å². The van der Waals surface area contributed by atoms with E-state index < -0.39 is 11.9 Å². The average molecular weight is 294 g/mol. The fraction of sp³-hybridized carbons (Fsp3) is 0.882. The lowest BCUT2D eigenvalue weighted by Gasteiger charge is -2.53. The van der Waals surface area contributed by atoms with Crippen molar-refractivity contribution >= 4 is 11.9 Å². The Balaban J connectivity index is 1.63. The maximum atomic E-state index is 12.4. The Hall–Kier alpha value is -1.06. The number of hydrogen-bond acceptors (Lipinski definition) is 4. The Morgan fingerprint density at radius 1 is 0.952 bits per heavy atom. The first-order valence-electron chi connectivity index (χ1n) is 8.49. The zero-order valence-electron chi connectivity index (χ0n) is 13.0. The van der Waals surface area contributed by atoms with Crippen LogP contribution < -0.4 is 0 Å². The van der Waals surface area contributed by atoms with Crippen molar-refractivity contribution in [2.24, 2.45) is 29.6 Å². The summed E-state index contributed by atoms with van der Waals surface area (Å²) < 4.78 is 10.8. The summed E-state index contributed by atoms with van der Waals surface area (Å²) in [6.07, 6.45) is 6.72. The monoisotopic (exact) mass is 294 g/mol. The van der Waals surface area contributed by atoms with Gasteiger partial charge in [0.25, 0.3) is 0 Å². The van der Waals surface area contributed by atoms with Crippen LogP contribution in [0.4, 0.5) is 0 Å². The van der Waals surface area contributed by atoms with Crippen LogP contribution >= 0.6 is 0 Å². The molecule has 21 heavy (non-hydrogen) atoms. The quantitative estimate of drug-likeness (QED) is 0.578. The number of carbonyl (C=O) groups excluding carboxylic acids is 2. The Morgan fingerprint density at radius 2 is 1.52 bits per heavy atom. The van der Waals surface area contributed by atoms with E-state index in [0.717, 1.165) is 11.8 Å². The van der Waals surface area contributed by atoms with Gasteiger partial charge in [0.05, 0.1) is 6.61 Å². The normalized spacial score (nSPS) is 38.1. The van der Waals surface area contributed by atoms with Gasteiger partial charge >= 0.3 is 11.9 Å². The molecule has 4 heteroatoms. The molecule has 4 fully saturated rings. The van der Waals surface area contributed by atoms with Gasteiger partial charge in [-0.15, -0.1) is 0 Å². The zero-order chi connectivity index (χ0) is 15.0. The van der Waals surface area contributed by atoms with Crippen molar-refractivity contribution in [2.75, 3.05) is 6.61 Å². The van der Waals surface area contributed by atoms with Crippen LogP contribution in [0.3, 0.4) is 0 Å². The molecular formula is C17H26O4. The average Bonchev–Trinajstić information content (AvgIpc) is 2.43. The van der Waals surface area contributed by atoms with E-state index in [1.54, 1.807) is 6.92 Å². The van der Waals surface area contributed by atoms with Gasteiger partial charge in [0.15, 0.2) is 5.92 Å². The molecule has 0 saturated heterocycles. The summed E-state index contributed by atoms with van der Waals surface area (Å²) in [5, 5.41) is 0. The molecular weight excluding hydrogens is 268 g/mol. The molecule has 1 atom stereocenters. The van der Waals surface area contributed by atoms with Gasteiger partial charge in [0.1, 0.15) is 6.10 Å². The lowest BCUT2D eigenvalue weighted by molar-refractivity contribution is -0.180. The van der Waals surface area contributed by atoms with Crippen LogP contribution in [0.5, 0.6) is 0 Å². The predicted molar refractivity (Wildman–Crippen MR) is 77.3 cm³/mol. The molecule has 4 saturated carbocycles. The van der Waals surface area contributed by atoms with E-state index in [1.165, 1.54) is 32.1 Å². The number of hydrogen-bond donors (Lipinski definition) is 0. The summed E-state index contributed by atoms with van der Waals surface area (Å²) >= 11 is 0. The van der Waals surface area contributed by atoms with E-state index >= 15 is 0 Å². The Kier molecular flexibility index (Phi) is 4.23. The van der Waals surface area contributed by atoms with Crippen LogP contribution in [-0.2, 0) is 19.1 Å². The van der Waals surface area contributed by atoms with E-state index in [1.807, 2.05) is 6.92 Å². The Labute approximate surface area is 126 Å². The molecule has 1 unspecified atom stereocenters. The Morgan fingerprint density at radius 3 is 2.00 bits per heavy atom. The van der Waals surface area contributed by atoms with Gasteiger partial charge in [-0.1, -0.05) is 6.92 Å². The predicted octanol–water partition coefficient (Wildman–Crippen LogP) is 2.94. The molecule has 4 bridgehead atoms. The maximum absolute atomic E-state index is 12.4. The highest BCUT2D eigenvalue weighted by Gasteiger charge is 2.50. The molecule has 0 aliphatic heterocycles. The van der Waals surface area contributed by atoms with Crippen LogP contribution in [0.1, 0.15) is 52.4 Å². The largest absolute Gasteiger partial charge is 0.465 e. The number of rotatable bonds is 5. The smallest absolute Gasteiger partial charge is 0.320 e. The van der Waals surface area contributed by atoms with E-state index in [9.17, 15) is 9.59 Å². The minimum atomic E-state index is -0.748. The number of carbonyl (C=O) groups is 2. The standard InChI is InChI=1S/C17H26O4/c1-3-14(16(18)20-4-2)17(19)21-15-12-6-10-5-11(8-12)9-13(15)7-10/h10-15H,3-9H2,1-2H3. The third-order valence-corrected chi connectivity index (χ3v) is 5.66. The van der Waals surface area contributed by atoms with Crippen molar-refractivity contribution in [3.05, 3.63) is 0 Å². The molecule has 4 nitrogen and oxygen atoms in total. The van der Waals surface area contributed by atoms with E-state index in [2.05, 4.69) is 0 Å². The molecule has 0 heterocycles. The van der Waals surface area contributed by atoms with Gasteiger partial charge < -0.3 is 9.47 Å². The zero-order valence-corrected chi connectivity index (χ0v) is 13.0. The van der Waals surface area contributed by atoms with Gasteiger partial charge in [-0.05, 0) is 69.1 Å². The minimum Gasteiger partial charge on any atom is -0.465 e. The fourth-order valence-electron chi connectivity index (χ4n) is 4.96. The van der Waals surface area contributed by atoms with E-state index in [0.29, 0.717) is 24.9 Å². The summed E-state index contributed by atoms with van der Waals surface area (Å²) in [6, 6.07) is 0. The maximum Gasteiger partial charge on any atom is 0.320 e. The summed E-state index contributed by atoms with van der Waals surface area (Å²) in [7, 11) is 0. The fourth-order valence-corrected chi connectivity index (χ4v) is 4.96. The first kappa shape index (κ1) is 14.9. The third-order valence-electron chi connectivity index (χ3n) is 5.66. The molecule has 4 rings (SSSR count). The van der Waals surface area contributed by atoms with Gasteiger partial charge in [-0.2, -0.15) is 0 Å². The summed E-state index contributed by atoms with van der Waals surface area (Å²) in [6.45, 7) is 3.90. The number of esters is 2. The van der Waals surface area contributed by atoms with Crippen LogP contribution in [0, 0.1) is 29.6 Å². The molecule has 0 amide bonds. The highest BCUT2D eigenvalue weighted by molar-refractivity contribution is 5.94. The summed E-state index contributed by atoms with van der Waals surface area (Å²) in [5.41, 5.74) is 0. The first-order valence-corrected chi connectivity index (χ1v) is 8.49. The second-order valence-electron chi connectivity index (χ2n) is 7.05.